The summed E-state index contributed by atoms with van der Waals surface area (Å²) in [4.78, 5) is 31.2. The minimum absolute atomic E-state index is 0.0277. The second kappa shape index (κ2) is 9.16. The quantitative estimate of drug-likeness (QED) is 0.637. The molecule has 1 aliphatic heterocycles. The standard InChI is InChI=1S/C25H27N3O3/c1-17-3-7-19(8-4-17)14-28-15-21(13-23(28)29)24(30)26-12-11-22-16-31-25(27-22)20-9-5-18(2)6-10-20/h3-10,16,21H,11-15H2,1-2H3,(H,26,30). The van der Waals surface area contributed by atoms with Crippen molar-refractivity contribution in [3.63, 3.8) is 0 Å². The number of benzene rings is 2. The maximum absolute atomic E-state index is 12.5. The van der Waals surface area contributed by atoms with Crippen LogP contribution in [0.25, 0.3) is 11.5 Å². The number of hydrogen-bond donors (Lipinski definition) is 1. The van der Waals surface area contributed by atoms with Crippen molar-refractivity contribution in [3.8, 4) is 11.5 Å². The molecule has 0 aliphatic carbocycles. The van der Waals surface area contributed by atoms with Crippen molar-refractivity contribution >= 4 is 11.8 Å². The Balaban J connectivity index is 1.25. The number of amides is 2. The summed E-state index contributed by atoms with van der Waals surface area (Å²) in [6, 6.07) is 16.1. The van der Waals surface area contributed by atoms with Crippen LogP contribution in [0.15, 0.2) is 59.2 Å². The molecule has 1 atom stereocenters. The lowest BCUT2D eigenvalue weighted by atomic mass is 10.1. The van der Waals surface area contributed by atoms with Crippen molar-refractivity contribution in [2.45, 2.75) is 33.2 Å². The topological polar surface area (TPSA) is 75.4 Å². The molecular weight excluding hydrogens is 390 g/mol. The van der Waals surface area contributed by atoms with E-state index in [1.165, 1.54) is 11.1 Å². The highest BCUT2D eigenvalue weighted by Gasteiger charge is 2.34. The van der Waals surface area contributed by atoms with Gasteiger partial charge in [-0.3, -0.25) is 9.59 Å². The second-order valence-electron chi connectivity index (χ2n) is 8.21. The molecule has 1 N–H and O–H groups in total. The normalized spacial score (nSPS) is 16.0. The van der Waals surface area contributed by atoms with Gasteiger partial charge in [-0.1, -0.05) is 47.5 Å². The first-order chi connectivity index (χ1) is 15.0. The SMILES string of the molecule is Cc1ccc(CN2CC(C(=O)NCCc3coc(-c4ccc(C)cc4)n3)CC2=O)cc1. The lowest BCUT2D eigenvalue weighted by Gasteiger charge is -2.16. The highest BCUT2D eigenvalue weighted by molar-refractivity contribution is 5.89. The summed E-state index contributed by atoms with van der Waals surface area (Å²) in [7, 11) is 0. The van der Waals surface area contributed by atoms with Crippen LogP contribution in [0.3, 0.4) is 0 Å². The van der Waals surface area contributed by atoms with Crippen LogP contribution in [-0.4, -0.2) is 34.8 Å². The van der Waals surface area contributed by atoms with E-state index in [0.717, 1.165) is 16.8 Å². The molecule has 1 fully saturated rings. The first kappa shape index (κ1) is 20.8. The first-order valence-corrected chi connectivity index (χ1v) is 10.6. The average molecular weight is 418 g/mol. The Hall–Kier alpha value is -3.41. The van der Waals surface area contributed by atoms with Crippen molar-refractivity contribution in [1.82, 2.24) is 15.2 Å². The van der Waals surface area contributed by atoms with Crippen LogP contribution in [0.5, 0.6) is 0 Å². The number of hydrogen-bond acceptors (Lipinski definition) is 4. The van der Waals surface area contributed by atoms with Crippen LogP contribution < -0.4 is 5.32 Å². The molecule has 6 nitrogen and oxygen atoms in total. The van der Waals surface area contributed by atoms with Gasteiger partial charge in [-0.25, -0.2) is 4.98 Å². The van der Waals surface area contributed by atoms with Gasteiger partial charge >= 0.3 is 0 Å². The monoisotopic (exact) mass is 417 g/mol. The van der Waals surface area contributed by atoms with E-state index >= 15 is 0 Å². The predicted molar refractivity (Wildman–Crippen MR) is 118 cm³/mol. The molecule has 4 rings (SSSR count). The third-order valence-corrected chi connectivity index (χ3v) is 5.61. The van der Waals surface area contributed by atoms with Crippen LogP contribution >= 0.6 is 0 Å². The Morgan fingerprint density at radius 2 is 1.77 bits per heavy atom. The van der Waals surface area contributed by atoms with E-state index in [1.807, 2.05) is 62.4 Å². The Labute approximate surface area is 182 Å². The van der Waals surface area contributed by atoms with Crippen LogP contribution in [0.2, 0.25) is 0 Å². The van der Waals surface area contributed by atoms with Crippen molar-refractivity contribution in [3.05, 3.63) is 77.2 Å². The Bertz CT molecular complexity index is 1050. The average Bonchev–Trinajstić information content (AvgIpc) is 3.37. The lowest BCUT2D eigenvalue weighted by Crippen LogP contribution is -2.34. The number of aromatic nitrogens is 1. The fourth-order valence-corrected chi connectivity index (χ4v) is 3.72. The predicted octanol–water partition coefficient (Wildman–Crippen LogP) is 3.67. The molecule has 0 saturated carbocycles. The summed E-state index contributed by atoms with van der Waals surface area (Å²) < 4.78 is 5.56. The molecular formula is C25H27N3O3. The maximum atomic E-state index is 12.5. The molecule has 6 heteroatoms. The number of carbonyl (C=O) groups excluding carboxylic acids is 2. The largest absolute Gasteiger partial charge is 0.444 e. The molecule has 2 aromatic carbocycles. The smallest absolute Gasteiger partial charge is 0.226 e. The van der Waals surface area contributed by atoms with E-state index in [1.54, 1.807) is 11.2 Å². The second-order valence-corrected chi connectivity index (χ2v) is 8.21. The zero-order valence-electron chi connectivity index (χ0n) is 17.9. The molecule has 1 saturated heterocycles. The summed E-state index contributed by atoms with van der Waals surface area (Å²) in [5.41, 5.74) is 5.17. The number of aryl methyl sites for hydroxylation is 2. The van der Waals surface area contributed by atoms with E-state index < -0.39 is 0 Å². The van der Waals surface area contributed by atoms with Crippen molar-refractivity contribution in [1.29, 1.82) is 0 Å². The molecule has 160 valence electrons. The minimum atomic E-state index is -0.307. The fourth-order valence-electron chi connectivity index (χ4n) is 3.72. The van der Waals surface area contributed by atoms with Crippen molar-refractivity contribution < 1.29 is 14.0 Å². The van der Waals surface area contributed by atoms with Crippen LogP contribution in [0.4, 0.5) is 0 Å². The van der Waals surface area contributed by atoms with Crippen LogP contribution in [0, 0.1) is 19.8 Å². The Kier molecular flexibility index (Phi) is 6.16. The van der Waals surface area contributed by atoms with Gasteiger partial charge in [-0.2, -0.15) is 0 Å². The first-order valence-electron chi connectivity index (χ1n) is 10.6. The third kappa shape index (κ3) is 5.20. The number of rotatable bonds is 7. The third-order valence-electron chi connectivity index (χ3n) is 5.61. The molecule has 1 aliphatic rings. The molecule has 31 heavy (non-hydrogen) atoms. The summed E-state index contributed by atoms with van der Waals surface area (Å²) >= 11 is 0. The van der Waals surface area contributed by atoms with E-state index in [2.05, 4.69) is 10.3 Å². The summed E-state index contributed by atoms with van der Waals surface area (Å²) in [6.45, 7) is 5.53. The van der Waals surface area contributed by atoms with E-state index in [4.69, 9.17) is 4.42 Å². The van der Waals surface area contributed by atoms with E-state index in [9.17, 15) is 9.59 Å². The maximum Gasteiger partial charge on any atom is 0.226 e. The van der Waals surface area contributed by atoms with Gasteiger partial charge in [0.1, 0.15) is 6.26 Å². The minimum Gasteiger partial charge on any atom is -0.444 e. The van der Waals surface area contributed by atoms with Gasteiger partial charge in [0.05, 0.1) is 11.6 Å². The van der Waals surface area contributed by atoms with Crippen molar-refractivity contribution in [2.75, 3.05) is 13.1 Å². The molecule has 0 bridgehead atoms. The highest BCUT2D eigenvalue weighted by atomic mass is 16.3. The Morgan fingerprint density at radius 1 is 1.10 bits per heavy atom. The highest BCUT2D eigenvalue weighted by Crippen LogP contribution is 2.21. The van der Waals surface area contributed by atoms with Gasteiger partial charge in [0.25, 0.3) is 0 Å². The molecule has 2 heterocycles. The molecule has 3 aromatic rings. The number of likely N-dealkylation sites (tertiary alicyclic amines) is 1. The Morgan fingerprint density at radius 3 is 2.48 bits per heavy atom. The van der Waals surface area contributed by atoms with E-state index in [-0.39, 0.29) is 24.2 Å². The summed E-state index contributed by atoms with van der Waals surface area (Å²) in [5, 5.41) is 2.94. The molecule has 1 unspecified atom stereocenters. The molecule has 0 radical (unpaired) electrons. The fraction of sp³-hybridized carbons (Fsp3) is 0.320. The van der Waals surface area contributed by atoms with Crippen LogP contribution in [-0.2, 0) is 22.6 Å². The van der Waals surface area contributed by atoms with Gasteiger partial charge in [0.2, 0.25) is 17.7 Å². The number of carbonyl (C=O) groups is 2. The van der Waals surface area contributed by atoms with Crippen LogP contribution in [0.1, 0.15) is 28.8 Å². The van der Waals surface area contributed by atoms with Crippen molar-refractivity contribution in [2.24, 2.45) is 5.92 Å². The zero-order valence-corrected chi connectivity index (χ0v) is 17.9. The van der Waals surface area contributed by atoms with E-state index in [0.29, 0.717) is 31.9 Å². The molecule has 1 aromatic heterocycles. The number of oxazole rings is 1. The zero-order chi connectivity index (χ0) is 21.8. The number of nitrogens with one attached hydrogen (secondary N) is 1. The number of nitrogens with zero attached hydrogens (tertiary/aromatic N) is 2. The molecule has 2 amide bonds. The van der Waals surface area contributed by atoms with Gasteiger partial charge in [-0.05, 0) is 31.5 Å². The lowest BCUT2D eigenvalue weighted by molar-refractivity contribution is -0.129. The van der Waals surface area contributed by atoms with Gasteiger partial charge in [0, 0.05) is 38.0 Å². The summed E-state index contributed by atoms with van der Waals surface area (Å²) in [5.74, 6) is 0.217. The molecule has 0 spiro atoms. The summed E-state index contributed by atoms with van der Waals surface area (Å²) in [6.07, 6.45) is 2.47. The van der Waals surface area contributed by atoms with Gasteiger partial charge < -0.3 is 14.6 Å². The van der Waals surface area contributed by atoms with Gasteiger partial charge in [-0.15, -0.1) is 0 Å². The van der Waals surface area contributed by atoms with Gasteiger partial charge in [0.15, 0.2) is 0 Å².